The van der Waals surface area contributed by atoms with E-state index in [1.165, 1.54) is 22.3 Å². The van der Waals surface area contributed by atoms with Gasteiger partial charge < -0.3 is 14.1 Å². The van der Waals surface area contributed by atoms with Crippen molar-refractivity contribution in [3.8, 4) is 10.8 Å². The van der Waals surface area contributed by atoms with Gasteiger partial charge in [0.25, 0.3) is 5.91 Å². The van der Waals surface area contributed by atoms with Crippen molar-refractivity contribution in [2.45, 2.75) is 6.54 Å². The van der Waals surface area contributed by atoms with E-state index in [1.807, 2.05) is 54.6 Å². The van der Waals surface area contributed by atoms with Crippen LogP contribution in [-0.4, -0.2) is 35.4 Å². The average Bonchev–Trinajstić information content (AvgIpc) is 3.39. The molecule has 146 valence electrons. The second-order valence-corrected chi connectivity index (χ2v) is 7.49. The molecule has 0 unspecified atom stereocenters. The molecule has 2 aromatic carbocycles. The lowest BCUT2D eigenvalue weighted by Gasteiger charge is -2.16. The summed E-state index contributed by atoms with van der Waals surface area (Å²) < 4.78 is 11.8. The molecule has 4 aromatic rings. The van der Waals surface area contributed by atoms with Gasteiger partial charge in [-0.3, -0.25) is 4.79 Å². The predicted molar refractivity (Wildman–Crippen MR) is 111 cm³/mol. The highest BCUT2D eigenvalue weighted by Crippen LogP contribution is 2.31. The van der Waals surface area contributed by atoms with Crippen molar-refractivity contribution in [2.75, 3.05) is 13.7 Å². The maximum atomic E-state index is 12.2. The monoisotopic (exact) mass is 406 g/mol. The normalized spacial score (nSPS) is 10.8. The van der Waals surface area contributed by atoms with Crippen LogP contribution in [0.4, 0.5) is 0 Å². The lowest BCUT2D eigenvalue weighted by atomic mass is 10.2. The zero-order valence-corrected chi connectivity index (χ0v) is 16.5. The number of likely N-dealkylation sites (N-methyl/N-ethyl adjacent to an activating group) is 1. The average molecular weight is 406 g/mol. The number of esters is 1. The zero-order valence-electron chi connectivity index (χ0n) is 15.7. The van der Waals surface area contributed by atoms with Crippen molar-refractivity contribution in [2.24, 2.45) is 0 Å². The molecule has 0 spiro atoms. The fraction of sp³-hybridized carbons (Fsp3) is 0.136. The van der Waals surface area contributed by atoms with Crippen LogP contribution in [0.25, 0.3) is 21.0 Å². The Morgan fingerprint density at radius 1 is 1.03 bits per heavy atom. The van der Waals surface area contributed by atoms with Gasteiger partial charge in [-0.1, -0.05) is 42.5 Å². The number of hydrogen-bond acceptors (Lipinski definition) is 6. The number of para-hydroxylation sites is 1. The quantitative estimate of drug-likeness (QED) is 0.445. The van der Waals surface area contributed by atoms with Crippen LogP contribution in [0.3, 0.4) is 0 Å². The molecule has 6 nitrogen and oxygen atoms in total. The predicted octanol–water partition coefficient (Wildman–Crippen LogP) is 4.37. The molecule has 0 radical (unpaired) electrons. The van der Waals surface area contributed by atoms with Gasteiger partial charge in [0.1, 0.15) is 0 Å². The van der Waals surface area contributed by atoms with Crippen molar-refractivity contribution in [3.05, 3.63) is 78.1 Å². The molecule has 2 aromatic heterocycles. The molecule has 0 saturated carbocycles. The number of carbonyl (C=O) groups is 2. The third-order valence-corrected chi connectivity index (χ3v) is 5.38. The lowest BCUT2D eigenvalue weighted by molar-refractivity contribution is -0.133. The minimum atomic E-state index is -0.682. The van der Waals surface area contributed by atoms with E-state index in [-0.39, 0.29) is 18.3 Å². The number of aromatic nitrogens is 1. The number of nitrogens with zero attached hydrogens (tertiary/aromatic N) is 2. The molecule has 0 atom stereocenters. The van der Waals surface area contributed by atoms with Crippen LogP contribution in [0, 0.1) is 0 Å². The summed E-state index contributed by atoms with van der Waals surface area (Å²) in [6.45, 7) is 0.0963. The highest BCUT2D eigenvalue weighted by molar-refractivity contribution is 7.21. The topological polar surface area (TPSA) is 72.6 Å². The summed E-state index contributed by atoms with van der Waals surface area (Å²) in [6.07, 6.45) is 0. The van der Waals surface area contributed by atoms with Crippen LogP contribution in [-0.2, 0) is 16.1 Å². The SMILES string of the molecule is CN(Cc1ccccc1)C(=O)COC(=O)c1ccc(-c2nc3ccccc3s2)o1. The summed E-state index contributed by atoms with van der Waals surface area (Å²) >= 11 is 1.48. The summed E-state index contributed by atoms with van der Waals surface area (Å²) in [6, 6.07) is 20.6. The van der Waals surface area contributed by atoms with E-state index in [4.69, 9.17) is 9.15 Å². The van der Waals surface area contributed by atoms with E-state index < -0.39 is 5.97 Å². The fourth-order valence-electron chi connectivity index (χ4n) is 2.79. The summed E-state index contributed by atoms with van der Waals surface area (Å²) in [5.41, 5.74) is 1.88. The molecule has 4 rings (SSSR count). The second kappa shape index (κ2) is 8.28. The lowest BCUT2D eigenvalue weighted by Crippen LogP contribution is -2.30. The second-order valence-electron chi connectivity index (χ2n) is 6.46. The van der Waals surface area contributed by atoms with Gasteiger partial charge in [-0.2, -0.15) is 0 Å². The standard InChI is InChI=1S/C22H18N2O4S/c1-24(13-15-7-3-2-4-8-15)20(25)14-27-22(26)18-12-11-17(28-18)21-23-16-9-5-6-10-19(16)29-21/h2-12H,13-14H2,1H3. The minimum absolute atomic E-state index is 0.0396. The number of amides is 1. The number of carbonyl (C=O) groups excluding carboxylic acids is 2. The number of ether oxygens (including phenoxy) is 1. The minimum Gasteiger partial charge on any atom is -0.450 e. The van der Waals surface area contributed by atoms with Crippen LogP contribution in [0.2, 0.25) is 0 Å². The van der Waals surface area contributed by atoms with E-state index >= 15 is 0 Å². The Labute approximate surface area is 171 Å². The first-order valence-corrected chi connectivity index (χ1v) is 9.82. The van der Waals surface area contributed by atoms with Crippen molar-refractivity contribution >= 4 is 33.4 Å². The van der Waals surface area contributed by atoms with Crippen LogP contribution >= 0.6 is 11.3 Å². The smallest absolute Gasteiger partial charge is 0.374 e. The van der Waals surface area contributed by atoms with E-state index in [0.717, 1.165) is 15.8 Å². The highest BCUT2D eigenvalue weighted by atomic mass is 32.1. The first-order valence-electron chi connectivity index (χ1n) is 9.01. The highest BCUT2D eigenvalue weighted by Gasteiger charge is 2.18. The van der Waals surface area contributed by atoms with Crippen LogP contribution in [0.5, 0.6) is 0 Å². The summed E-state index contributed by atoms with van der Waals surface area (Å²) in [5.74, 6) is -0.442. The van der Waals surface area contributed by atoms with Gasteiger partial charge in [0.15, 0.2) is 17.4 Å². The molecular formula is C22H18N2O4S. The number of thiazole rings is 1. The van der Waals surface area contributed by atoms with Crippen LogP contribution < -0.4 is 0 Å². The van der Waals surface area contributed by atoms with Gasteiger partial charge in [0.2, 0.25) is 5.76 Å². The maximum Gasteiger partial charge on any atom is 0.374 e. The van der Waals surface area contributed by atoms with E-state index in [2.05, 4.69) is 4.98 Å². The molecule has 2 heterocycles. The van der Waals surface area contributed by atoms with Crippen molar-refractivity contribution in [3.63, 3.8) is 0 Å². The molecule has 0 saturated heterocycles. The Morgan fingerprint density at radius 3 is 2.59 bits per heavy atom. The Hall–Kier alpha value is -3.45. The summed E-state index contributed by atoms with van der Waals surface area (Å²) in [5, 5.41) is 0.684. The maximum absolute atomic E-state index is 12.2. The van der Waals surface area contributed by atoms with E-state index in [0.29, 0.717) is 17.3 Å². The van der Waals surface area contributed by atoms with Crippen molar-refractivity contribution < 1.29 is 18.7 Å². The molecule has 0 fully saturated rings. The number of furan rings is 1. The number of fused-ring (bicyclic) bond motifs is 1. The van der Waals surface area contributed by atoms with E-state index in [9.17, 15) is 9.59 Å². The Morgan fingerprint density at radius 2 is 1.79 bits per heavy atom. The van der Waals surface area contributed by atoms with Gasteiger partial charge in [-0.25, -0.2) is 9.78 Å². The number of rotatable bonds is 6. The molecule has 1 amide bonds. The number of hydrogen-bond donors (Lipinski definition) is 0. The van der Waals surface area contributed by atoms with Crippen molar-refractivity contribution in [1.82, 2.24) is 9.88 Å². The Balaban J connectivity index is 1.36. The molecule has 0 aliphatic heterocycles. The third-order valence-electron chi connectivity index (χ3n) is 4.33. The molecule has 0 aliphatic carbocycles. The fourth-order valence-corrected chi connectivity index (χ4v) is 3.72. The van der Waals surface area contributed by atoms with Gasteiger partial charge in [-0.05, 0) is 29.8 Å². The van der Waals surface area contributed by atoms with Gasteiger partial charge in [-0.15, -0.1) is 11.3 Å². The molecule has 0 aliphatic rings. The van der Waals surface area contributed by atoms with Crippen LogP contribution in [0.15, 0.2) is 71.1 Å². The Kier molecular flexibility index (Phi) is 5.39. The molecule has 0 N–H and O–H groups in total. The number of benzene rings is 2. The van der Waals surface area contributed by atoms with Gasteiger partial charge in [0.05, 0.1) is 10.2 Å². The van der Waals surface area contributed by atoms with Crippen molar-refractivity contribution in [1.29, 1.82) is 0 Å². The molecule has 0 bridgehead atoms. The summed E-state index contributed by atoms with van der Waals surface area (Å²) in [7, 11) is 1.67. The summed E-state index contributed by atoms with van der Waals surface area (Å²) in [4.78, 5) is 30.5. The first kappa shape index (κ1) is 18.9. The molecule has 7 heteroatoms. The Bertz CT molecular complexity index is 1120. The zero-order chi connectivity index (χ0) is 20.2. The van der Waals surface area contributed by atoms with Gasteiger partial charge in [0, 0.05) is 13.6 Å². The van der Waals surface area contributed by atoms with Crippen LogP contribution in [0.1, 0.15) is 16.1 Å². The largest absolute Gasteiger partial charge is 0.450 e. The first-order chi connectivity index (χ1) is 14.1. The molecule has 29 heavy (non-hydrogen) atoms. The third kappa shape index (κ3) is 4.35. The van der Waals surface area contributed by atoms with Gasteiger partial charge >= 0.3 is 5.97 Å². The molecular weight excluding hydrogens is 388 g/mol. The van der Waals surface area contributed by atoms with E-state index in [1.54, 1.807) is 13.1 Å².